The Morgan fingerprint density at radius 3 is 2.50 bits per heavy atom. The summed E-state index contributed by atoms with van der Waals surface area (Å²) in [6.45, 7) is 3.86. The summed E-state index contributed by atoms with van der Waals surface area (Å²) >= 11 is 0. The highest BCUT2D eigenvalue weighted by Gasteiger charge is 1.86. The fourth-order valence-electron chi connectivity index (χ4n) is 1.07. The van der Waals surface area contributed by atoms with E-state index in [1.165, 1.54) is 6.42 Å². The number of rotatable bonds is 7. The second kappa shape index (κ2) is 9.97. The van der Waals surface area contributed by atoms with Crippen LogP contribution in [0.4, 0.5) is 0 Å². The van der Waals surface area contributed by atoms with Crippen LogP contribution in [-0.2, 0) is 4.79 Å². The van der Waals surface area contributed by atoms with Crippen molar-refractivity contribution in [2.75, 3.05) is 0 Å². The first-order valence-corrected chi connectivity index (χ1v) is 5.21. The lowest BCUT2D eigenvalue weighted by atomic mass is 10.1. The molecule has 0 atom stereocenters. The van der Waals surface area contributed by atoms with Crippen LogP contribution in [0.2, 0.25) is 0 Å². The molecule has 0 aliphatic carbocycles. The molecule has 0 aromatic heterocycles. The van der Waals surface area contributed by atoms with E-state index in [0.29, 0.717) is 0 Å². The molecule has 0 aromatic rings. The zero-order chi connectivity index (χ0) is 10.6. The van der Waals surface area contributed by atoms with Crippen LogP contribution < -0.4 is 0 Å². The van der Waals surface area contributed by atoms with E-state index in [1.807, 2.05) is 32.1 Å². The molecule has 0 aromatic carbocycles. The zero-order valence-electron chi connectivity index (χ0n) is 9.20. The highest BCUT2D eigenvalue weighted by atomic mass is 16.1. The lowest BCUT2D eigenvalue weighted by molar-refractivity contribution is -0.104. The van der Waals surface area contributed by atoms with Gasteiger partial charge in [0.2, 0.25) is 0 Å². The molecule has 0 spiro atoms. The van der Waals surface area contributed by atoms with Crippen molar-refractivity contribution >= 4 is 6.29 Å². The van der Waals surface area contributed by atoms with Crippen molar-refractivity contribution in [2.24, 2.45) is 0 Å². The Hall–Kier alpha value is -1.11. The third-order valence-corrected chi connectivity index (χ3v) is 1.92. The molecule has 14 heavy (non-hydrogen) atoms. The summed E-state index contributed by atoms with van der Waals surface area (Å²) in [7, 11) is 0. The fourth-order valence-corrected chi connectivity index (χ4v) is 1.07. The quantitative estimate of drug-likeness (QED) is 0.259. The van der Waals surface area contributed by atoms with E-state index < -0.39 is 0 Å². The van der Waals surface area contributed by atoms with Crippen molar-refractivity contribution < 1.29 is 4.79 Å². The standard InChI is InChI=1S/C13H20O/c1-3-4-5-6-7-8-9-10-11-13(2)12-14/h3-6,11-12H,7-10H2,1-2H3/b4-3+,6-5-,13-11+. The Morgan fingerprint density at radius 1 is 1.14 bits per heavy atom. The maximum Gasteiger partial charge on any atom is 0.145 e. The van der Waals surface area contributed by atoms with E-state index in [1.54, 1.807) is 0 Å². The zero-order valence-corrected chi connectivity index (χ0v) is 9.20. The monoisotopic (exact) mass is 192 g/mol. The maximum absolute atomic E-state index is 10.3. The molecular formula is C13H20O. The van der Waals surface area contributed by atoms with Gasteiger partial charge >= 0.3 is 0 Å². The van der Waals surface area contributed by atoms with Crippen molar-refractivity contribution in [3.05, 3.63) is 36.0 Å². The molecule has 0 amide bonds. The van der Waals surface area contributed by atoms with Crippen molar-refractivity contribution in [2.45, 2.75) is 39.5 Å². The molecule has 78 valence electrons. The molecular weight excluding hydrogens is 172 g/mol. The van der Waals surface area contributed by atoms with E-state index >= 15 is 0 Å². The van der Waals surface area contributed by atoms with Crippen LogP contribution in [0.1, 0.15) is 39.5 Å². The van der Waals surface area contributed by atoms with Crippen LogP contribution >= 0.6 is 0 Å². The SMILES string of the molecule is C/C=C/C=C\CCCC/C=C(\C)C=O. The van der Waals surface area contributed by atoms with Crippen LogP contribution in [0.25, 0.3) is 0 Å². The number of hydrogen-bond acceptors (Lipinski definition) is 1. The minimum atomic E-state index is 0.842. The first-order chi connectivity index (χ1) is 6.81. The highest BCUT2D eigenvalue weighted by molar-refractivity contribution is 5.71. The predicted octanol–water partition coefficient (Wildman–Crippen LogP) is 3.82. The van der Waals surface area contributed by atoms with E-state index in [9.17, 15) is 4.79 Å². The van der Waals surface area contributed by atoms with Gasteiger partial charge in [0.05, 0.1) is 0 Å². The summed E-state index contributed by atoms with van der Waals surface area (Å²) in [5, 5.41) is 0. The van der Waals surface area contributed by atoms with Crippen LogP contribution in [-0.4, -0.2) is 6.29 Å². The summed E-state index contributed by atoms with van der Waals surface area (Å²) in [6.07, 6.45) is 15.7. The van der Waals surface area contributed by atoms with Crippen molar-refractivity contribution in [3.63, 3.8) is 0 Å². The van der Waals surface area contributed by atoms with Gasteiger partial charge in [-0.1, -0.05) is 30.4 Å². The first kappa shape index (κ1) is 12.9. The number of carbonyl (C=O) groups is 1. The number of hydrogen-bond donors (Lipinski definition) is 0. The second-order valence-corrected chi connectivity index (χ2v) is 3.30. The molecule has 0 rings (SSSR count). The van der Waals surface area contributed by atoms with E-state index in [-0.39, 0.29) is 0 Å². The number of unbranched alkanes of at least 4 members (excludes halogenated alkanes) is 3. The highest BCUT2D eigenvalue weighted by Crippen LogP contribution is 2.03. The molecule has 0 aliphatic heterocycles. The Morgan fingerprint density at radius 2 is 1.86 bits per heavy atom. The van der Waals surface area contributed by atoms with Gasteiger partial charge in [-0.2, -0.15) is 0 Å². The first-order valence-electron chi connectivity index (χ1n) is 5.21. The molecule has 0 unspecified atom stereocenters. The van der Waals surface area contributed by atoms with Gasteiger partial charge in [0.15, 0.2) is 0 Å². The fraction of sp³-hybridized carbons (Fsp3) is 0.462. The van der Waals surface area contributed by atoms with Crippen LogP contribution in [0, 0.1) is 0 Å². The predicted molar refractivity (Wildman–Crippen MR) is 62.2 cm³/mol. The van der Waals surface area contributed by atoms with Crippen molar-refractivity contribution in [1.29, 1.82) is 0 Å². The summed E-state index contributed by atoms with van der Waals surface area (Å²) in [5.74, 6) is 0. The minimum absolute atomic E-state index is 0.842. The summed E-state index contributed by atoms with van der Waals surface area (Å²) in [4.78, 5) is 10.3. The number of carbonyl (C=O) groups excluding carboxylic acids is 1. The van der Waals surface area contributed by atoms with Crippen molar-refractivity contribution in [3.8, 4) is 0 Å². The van der Waals surface area contributed by atoms with Gasteiger partial charge < -0.3 is 0 Å². The number of allylic oxidation sites excluding steroid dienone is 6. The van der Waals surface area contributed by atoms with Gasteiger partial charge in [-0.05, 0) is 45.1 Å². The van der Waals surface area contributed by atoms with Gasteiger partial charge in [0.1, 0.15) is 6.29 Å². The second-order valence-electron chi connectivity index (χ2n) is 3.30. The third kappa shape index (κ3) is 8.98. The lowest BCUT2D eigenvalue weighted by Gasteiger charge is -1.93. The topological polar surface area (TPSA) is 17.1 Å². The molecule has 1 nitrogen and oxygen atoms in total. The average Bonchev–Trinajstić information content (AvgIpc) is 2.21. The Labute approximate surface area is 87.2 Å². The van der Waals surface area contributed by atoms with E-state index in [4.69, 9.17) is 0 Å². The van der Waals surface area contributed by atoms with Crippen LogP contribution in [0.15, 0.2) is 36.0 Å². The molecule has 0 aliphatic rings. The van der Waals surface area contributed by atoms with Gasteiger partial charge in [0, 0.05) is 0 Å². The third-order valence-electron chi connectivity index (χ3n) is 1.92. The lowest BCUT2D eigenvalue weighted by Crippen LogP contribution is -1.77. The Balaban J connectivity index is 3.34. The average molecular weight is 192 g/mol. The molecule has 0 bridgehead atoms. The minimum Gasteiger partial charge on any atom is -0.298 e. The molecule has 0 saturated carbocycles. The van der Waals surface area contributed by atoms with Gasteiger partial charge in [-0.3, -0.25) is 4.79 Å². The van der Waals surface area contributed by atoms with E-state index in [2.05, 4.69) is 12.2 Å². The van der Waals surface area contributed by atoms with Crippen LogP contribution in [0.3, 0.4) is 0 Å². The molecule has 0 radical (unpaired) electrons. The van der Waals surface area contributed by atoms with Gasteiger partial charge in [-0.15, -0.1) is 0 Å². The Bertz CT molecular complexity index is 221. The molecule has 1 heteroatoms. The van der Waals surface area contributed by atoms with Crippen molar-refractivity contribution in [1.82, 2.24) is 0 Å². The molecule has 0 fully saturated rings. The maximum atomic E-state index is 10.3. The summed E-state index contributed by atoms with van der Waals surface area (Å²) in [6, 6.07) is 0. The van der Waals surface area contributed by atoms with Gasteiger partial charge in [-0.25, -0.2) is 0 Å². The smallest absolute Gasteiger partial charge is 0.145 e. The summed E-state index contributed by atoms with van der Waals surface area (Å²) in [5.41, 5.74) is 0.842. The normalized spacial score (nSPS) is 12.9. The summed E-state index contributed by atoms with van der Waals surface area (Å²) < 4.78 is 0. The van der Waals surface area contributed by atoms with Crippen LogP contribution in [0.5, 0.6) is 0 Å². The number of aldehydes is 1. The Kier molecular flexibility index (Phi) is 9.18. The van der Waals surface area contributed by atoms with Gasteiger partial charge in [0.25, 0.3) is 0 Å². The largest absolute Gasteiger partial charge is 0.298 e. The molecule has 0 saturated heterocycles. The van der Waals surface area contributed by atoms with E-state index in [0.717, 1.165) is 31.1 Å². The molecule has 0 heterocycles. The molecule has 0 N–H and O–H groups in total.